The van der Waals surface area contributed by atoms with Gasteiger partial charge in [0.25, 0.3) is 0 Å². The Morgan fingerprint density at radius 3 is 3.00 bits per heavy atom. The Kier molecular flexibility index (Phi) is 4.54. The van der Waals surface area contributed by atoms with E-state index < -0.39 is 0 Å². The fourth-order valence-electron chi connectivity index (χ4n) is 2.41. The van der Waals surface area contributed by atoms with Gasteiger partial charge in [-0.2, -0.15) is 0 Å². The van der Waals surface area contributed by atoms with Crippen molar-refractivity contribution in [2.24, 2.45) is 0 Å². The van der Waals surface area contributed by atoms with Gasteiger partial charge in [-0.3, -0.25) is 0 Å². The van der Waals surface area contributed by atoms with Gasteiger partial charge >= 0.3 is 0 Å². The molecule has 3 nitrogen and oxygen atoms in total. The Balaban J connectivity index is 2.15. The summed E-state index contributed by atoms with van der Waals surface area (Å²) in [6, 6.07) is 8.95. The van der Waals surface area contributed by atoms with E-state index in [-0.39, 0.29) is 6.10 Å². The van der Waals surface area contributed by atoms with E-state index in [1.54, 1.807) is 7.11 Å². The van der Waals surface area contributed by atoms with Gasteiger partial charge in [-0.15, -0.1) is 0 Å². The molecule has 0 aromatic heterocycles. The molecule has 1 aliphatic rings. The van der Waals surface area contributed by atoms with Crippen molar-refractivity contribution < 1.29 is 9.47 Å². The molecule has 0 radical (unpaired) electrons. The highest BCUT2D eigenvalue weighted by atomic mass is 16.5. The van der Waals surface area contributed by atoms with Gasteiger partial charge in [-0.1, -0.05) is 24.3 Å². The molecule has 0 aliphatic carbocycles. The van der Waals surface area contributed by atoms with Gasteiger partial charge in [0.05, 0.1) is 12.7 Å². The van der Waals surface area contributed by atoms with Crippen LogP contribution in [0, 0.1) is 0 Å². The average Bonchev–Trinajstić information content (AvgIpc) is 2.40. The molecule has 1 saturated heterocycles. The summed E-state index contributed by atoms with van der Waals surface area (Å²) in [6.45, 7) is 1.48. The van der Waals surface area contributed by atoms with Crippen molar-refractivity contribution >= 4 is 0 Å². The molecule has 1 aromatic rings. The first-order valence-electron chi connectivity index (χ1n) is 6.20. The Morgan fingerprint density at radius 2 is 2.24 bits per heavy atom. The third-order valence-corrected chi connectivity index (χ3v) is 3.39. The number of ether oxygens (including phenoxy) is 2. The zero-order chi connectivity index (χ0) is 12.1. The van der Waals surface area contributed by atoms with Crippen LogP contribution in [0.1, 0.15) is 30.1 Å². The maximum atomic E-state index is 5.89. The molecule has 1 fully saturated rings. The molecule has 1 aromatic carbocycles. The summed E-state index contributed by atoms with van der Waals surface area (Å²) in [7, 11) is 3.75. The second kappa shape index (κ2) is 6.15. The summed E-state index contributed by atoms with van der Waals surface area (Å²) in [6.07, 6.45) is 2.34. The number of methoxy groups -OCH3 is 1. The molecule has 0 saturated carbocycles. The molecule has 0 amide bonds. The second-order valence-electron chi connectivity index (χ2n) is 4.50. The fourth-order valence-corrected chi connectivity index (χ4v) is 2.41. The van der Waals surface area contributed by atoms with Crippen LogP contribution in [-0.4, -0.2) is 26.8 Å². The van der Waals surface area contributed by atoms with Crippen molar-refractivity contribution in [1.82, 2.24) is 5.32 Å². The summed E-state index contributed by atoms with van der Waals surface area (Å²) >= 11 is 0. The quantitative estimate of drug-likeness (QED) is 0.868. The molecule has 2 rings (SSSR count). The monoisotopic (exact) mass is 235 g/mol. The third-order valence-electron chi connectivity index (χ3n) is 3.39. The fraction of sp³-hybridized carbons (Fsp3) is 0.571. The summed E-state index contributed by atoms with van der Waals surface area (Å²) in [5.41, 5.74) is 2.51. The minimum Gasteiger partial charge on any atom is -0.380 e. The first-order valence-corrected chi connectivity index (χ1v) is 6.20. The van der Waals surface area contributed by atoms with Gasteiger partial charge in [0, 0.05) is 19.8 Å². The van der Waals surface area contributed by atoms with Crippen LogP contribution in [0.25, 0.3) is 0 Å². The predicted octanol–water partition coefficient (Wildman–Crippen LogP) is 2.27. The average molecular weight is 235 g/mol. The van der Waals surface area contributed by atoms with E-state index in [4.69, 9.17) is 9.47 Å². The molecule has 1 heterocycles. The van der Waals surface area contributed by atoms with Crippen molar-refractivity contribution in [2.45, 2.75) is 31.6 Å². The van der Waals surface area contributed by atoms with Crippen LogP contribution in [0.5, 0.6) is 0 Å². The van der Waals surface area contributed by atoms with Crippen LogP contribution in [0.4, 0.5) is 0 Å². The van der Waals surface area contributed by atoms with Crippen LogP contribution < -0.4 is 5.32 Å². The summed E-state index contributed by atoms with van der Waals surface area (Å²) in [5.74, 6) is 0. The smallest absolute Gasteiger partial charge is 0.0843 e. The molecule has 17 heavy (non-hydrogen) atoms. The van der Waals surface area contributed by atoms with Gasteiger partial charge in [-0.05, 0) is 31.0 Å². The maximum Gasteiger partial charge on any atom is 0.0843 e. The van der Waals surface area contributed by atoms with Gasteiger partial charge in [0.15, 0.2) is 0 Å². The van der Waals surface area contributed by atoms with Crippen molar-refractivity contribution in [2.75, 3.05) is 20.8 Å². The Hall–Kier alpha value is -0.900. The highest BCUT2D eigenvalue weighted by Gasteiger charge is 2.24. The summed E-state index contributed by atoms with van der Waals surface area (Å²) < 4.78 is 11.1. The summed E-state index contributed by atoms with van der Waals surface area (Å²) in [5, 5.41) is 3.34. The molecular formula is C14H21NO2. The minimum absolute atomic E-state index is 0.201. The Labute approximate surface area is 103 Å². The van der Waals surface area contributed by atoms with Crippen LogP contribution >= 0.6 is 0 Å². The molecular weight excluding hydrogens is 214 g/mol. The summed E-state index contributed by atoms with van der Waals surface area (Å²) in [4.78, 5) is 0. The first-order chi connectivity index (χ1) is 8.35. The normalized spacial score (nSPS) is 24.8. The highest BCUT2D eigenvalue weighted by molar-refractivity contribution is 5.29. The number of nitrogens with one attached hydrogen (secondary N) is 1. The lowest BCUT2D eigenvalue weighted by atomic mass is 9.94. The Bertz CT molecular complexity index is 354. The number of rotatable bonds is 4. The van der Waals surface area contributed by atoms with E-state index in [0.29, 0.717) is 12.6 Å². The Morgan fingerprint density at radius 1 is 1.41 bits per heavy atom. The lowest BCUT2D eigenvalue weighted by Crippen LogP contribution is -2.33. The van der Waals surface area contributed by atoms with Crippen molar-refractivity contribution in [1.29, 1.82) is 0 Å². The molecule has 94 valence electrons. The van der Waals surface area contributed by atoms with Crippen LogP contribution in [0.3, 0.4) is 0 Å². The lowest BCUT2D eigenvalue weighted by Gasteiger charge is -2.30. The molecule has 3 heteroatoms. The zero-order valence-corrected chi connectivity index (χ0v) is 10.6. The highest BCUT2D eigenvalue weighted by Crippen LogP contribution is 2.30. The van der Waals surface area contributed by atoms with E-state index >= 15 is 0 Å². The zero-order valence-electron chi connectivity index (χ0n) is 10.6. The largest absolute Gasteiger partial charge is 0.380 e. The third kappa shape index (κ3) is 3.06. The molecule has 0 spiro atoms. The van der Waals surface area contributed by atoms with Gasteiger partial charge in [0.1, 0.15) is 0 Å². The topological polar surface area (TPSA) is 30.5 Å². The van der Waals surface area contributed by atoms with Gasteiger partial charge in [0.2, 0.25) is 0 Å². The minimum atomic E-state index is 0.201. The van der Waals surface area contributed by atoms with E-state index in [2.05, 4.69) is 29.6 Å². The second-order valence-corrected chi connectivity index (χ2v) is 4.50. The lowest BCUT2D eigenvalue weighted by molar-refractivity contribution is 0.000235. The van der Waals surface area contributed by atoms with Gasteiger partial charge in [-0.25, -0.2) is 0 Å². The molecule has 0 bridgehead atoms. The van der Waals surface area contributed by atoms with Crippen molar-refractivity contribution in [3.63, 3.8) is 0 Å². The van der Waals surface area contributed by atoms with Crippen LogP contribution in [-0.2, 0) is 16.1 Å². The van der Waals surface area contributed by atoms with Crippen LogP contribution in [0.2, 0.25) is 0 Å². The van der Waals surface area contributed by atoms with Crippen molar-refractivity contribution in [3.05, 3.63) is 35.4 Å². The standard InChI is InChI=1S/C14H21NO2/c1-15-12-7-8-17-14(9-12)13-6-4-3-5-11(13)10-16-2/h3-6,12,14-15H,7-10H2,1-2H3. The first kappa shape index (κ1) is 12.6. The maximum absolute atomic E-state index is 5.89. The molecule has 1 N–H and O–H groups in total. The molecule has 2 atom stereocenters. The van der Waals surface area contributed by atoms with Crippen LogP contribution in [0.15, 0.2) is 24.3 Å². The number of benzene rings is 1. The SMILES string of the molecule is CNC1CCOC(c2ccccc2COC)C1. The number of hydrogen-bond acceptors (Lipinski definition) is 3. The van der Waals surface area contributed by atoms with E-state index in [1.807, 2.05) is 7.05 Å². The van der Waals surface area contributed by atoms with E-state index in [9.17, 15) is 0 Å². The predicted molar refractivity (Wildman–Crippen MR) is 67.9 cm³/mol. The van der Waals surface area contributed by atoms with E-state index in [0.717, 1.165) is 19.4 Å². The van der Waals surface area contributed by atoms with Gasteiger partial charge < -0.3 is 14.8 Å². The molecule has 2 unspecified atom stereocenters. The number of hydrogen-bond donors (Lipinski definition) is 1. The van der Waals surface area contributed by atoms with E-state index in [1.165, 1.54) is 11.1 Å². The van der Waals surface area contributed by atoms with Crippen molar-refractivity contribution in [3.8, 4) is 0 Å². The molecule has 1 aliphatic heterocycles.